The number of nitro groups is 1. The van der Waals surface area contributed by atoms with Crippen LogP contribution in [0.4, 0.5) is 5.69 Å². The first-order valence-electron chi connectivity index (χ1n) is 7.25. The second kappa shape index (κ2) is 6.83. The van der Waals surface area contributed by atoms with Gasteiger partial charge in [0.25, 0.3) is 0 Å². The fourth-order valence-electron chi connectivity index (χ4n) is 2.42. The van der Waals surface area contributed by atoms with E-state index in [-0.39, 0.29) is 28.5 Å². The lowest BCUT2D eigenvalue weighted by atomic mass is 9.96. The van der Waals surface area contributed by atoms with Gasteiger partial charge in [0.05, 0.1) is 4.92 Å². The third-order valence-electron chi connectivity index (χ3n) is 3.72. The van der Waals surface area contributed by atoms with E-state index in [1.54, 1.807) is 11.7 Å². The summed E-state index contributed by atoms with van der Waals surface area (Å²) in [5, 5.41) is 19.2. The van der Waals surface area contributed by atoms with Crippen molar-refractivity contribution in [3.63, 3.8) is 0 Å². The lowest BCUT2D eigenvalue weighted by Crippen LogP contribution is -2.32. The van der Waals surface area contributed by atoms with Gasteiger partial charge < -0.3 is 5.32 Å². The molecule has 0 aliphatic heterocycles. The monoisotopic (exact) mass is 282 g/mol. The zero-order valence-electron chi connectivity index (χ0n) is 13.3. The molecule has 114 valence electrons. The van der Waals surface area contributed by atoms with E-state index in [0.29, 0.717) is 11.4 Å². The van der Waals surface area contributed by atoms with Crippen molar-refractivity contribution in [2.75, 3.05) is 6.54 Å². The Morgan fingerprint density at radius 2 is 1.95 bits per heavy atom. The number of aromatic nitrogens is 2. The molecule has 1 aromatic rings. The number of rotatable bonds is 7. The van der Waals surface area contributed by atoms with Gasteiger partial charge in [0.2, 0.25) is 0 Å². The molecule has 0 saturated carbocycles. The van der Waals surface area contributed by atoms with Gasteiger partial charge in [0.1, 0.15) is 11.4 Å². The van der Waals surface area contributed by atoms with Gasteiger partial charge in [-0.05, 0) is 19.9 Å². The summed E-state index contributed by atoms with van der Waals surface area (Å²) < 4.78 is 1.67. The van der Waals surface area contributed by atoms with Crippen molar-refractivity contribution in [1.82, 2.24) is 15.1 Å². The molecule has 2 unspecified atom stereocenters. The molecule has 6 nitrogen and oxygen atoms in total. The molecule has 0 fully saturated rings. The maximum absolute atomic E-state index is 11.4. The zero-order chi connectivity index (χ0) is 15.4. The van der Waals surface area contributed by atoms with Crippen molar-refractivity contribution in [2.45, 2.75) is 58.9 Å². The molecule has 0 spiro atoms. The van der Waals surface area contributed by atoms with Crippen LogP contribution in [0.5, 0.6) is 0 Å². The van der Waals surface area contributed by atoms with E-state index in [4.69, 9.17) is 0 Å². The molecule has 2 atom stereocenters. The first kappa shape index (κ1) is 16.6. The highest BCUT2D eigenvalue weighted by atomic mass is 16.6. The molecule has 0 aromatic carbocycles. The first-order valence-corrected chi connectivity index (χ1v) is 7.25. The topological polar surface area (TPSA) is 73.0 Å². The Kier molecular flexibility index (Phi) is 5.68. The van der Waals surface area contributed by atoms with Crippen LogP contribution >= 0.6 is 0 Å². The highest BCUT2D eigenvalue weighted by Gasteiger charge is 2.32. The van der Waals surface area contributed by atoms with Crippen LogP contribution in [0.15, 0.2) is 0 Å². The fraction of sp³-hybridized carbons (Fsp3) is 0.786. The maximum Gasteiger partial charge on any atom is 0.313 e. The highest BCUT2D eigenvalue weighted by molar-refractivity contribution is 5.45. The van der Waals surface area contributed by atoms with Gasteiger partial charge in [-0.2, -0.15) is 5.10 Å². The Morgan fingerprint density at radius 1 is 1.35 bits per heavy atom. The summed E-state index contributed by atoms with van der Waals surface area (Å²) in [5.74, 6) is 0.0772. The van der Waals surface area contributed by atoms with E-state index in [1.165, 1.54) is 0 Å². The molecule has 0 aliphatic rings. The van der Waals surface area contributed by atoms with Gasteiger partial charge in [0, 0.05) is 24.9 Å². The van der Waals surface area contributed by atoms with Crippen LogP contribution in [0.2, 0.25) is 0 Å². The van der Waals surface area contributed by atoms with Crippen molar-refractivity contribution in [2.24, 2.45) is 7.05 Å². The number of aryl methyl sites for hydroxylation is 1. The van der Waals surface area contributed by atoms with E-state index < -0.39 is 0 Å². The second-order valence-electron chi connectivity index (χ2n) is 5.69. The average molecular weight is 282 g/mol. The van der Waals surface area contributed by atoms with Crippen molar-refractivity contribution < 1.29 is 4.92 Å². The minimum atomic E-state index is -0.291. The molecule has 0 amide bonds. The molecule has 20 heavy (non-hydrogen) atoms. The van der Waals surface area contributed by atoms with Crippen LogP contribution in [-0.4, -0.2) is 27.3 Å². The minimum absolute atomic E-state index is 0.0342. The van der Waals surface area contributed by atoms with Crippen molar-refractivity contribution in [3.8, 4) is 0 Å². The number of hydrogen-bond donors (Lipinski definition) is 1. The average Bonchev–Trinajstić information content (AvgIpc) is 2.72. The molecule has 0 aliphatic carbocycles. The Balaban J connectivity index is 3.19. The van der Waals surface area contributed by atoms with Gasteiger partial charge in [-0.3, -0.25) is 14.8 Å². The van der Waals surface area contributed by atoms with Gasteiger partial charge >= 0.3 is 5.69 Å². The molecule has 0 radical (unpaired) electrons. The summed E-state index contributed by atoms with van der Waals surface area (Å²) in [7, 11) is 1.79. The van der Waals surface area contributed by atoms with Crippen LogP contribution in [0.1, 0.15) is 64.3 Å². The lowest BCUT2D eigenvalue weighted by Gasteiger charge is -2.20. The van der Waals surface area contributed by atoms with E-state index in [0.717, 1.165) is 13.0 Å². The van der Waals surface area contributed by atoms with Gasteiger partial charge in [-0.25, -0.2) is 0 Å². The minimum Gasteiger partial charge on any atom is -0.314 e. The third kappa shape index (κ3) is 3.36. The number of nitrogens with zero attached hydrogens (tertiary/aromatic N) is 3. The molecule has 1 aromatic heterocycles. The summed E-state index contributed by atoms with van der Waals surface area (Å²) in [4.78, 5) is 11.1. The second-order valence-corrected chi connectivity index (χ2v) is 5.69. The number of hydrogen-bond acceptors (Lipinski definition) is 4. The summed E-state index contributed by atoms with van der Waals surface area (Å²) in [6.07, 6.45) is 1.04. The van der Waals surface area contributed by atoms with Crippen LogP contribution in [-0.2, 0) is 7.05 Å². The van der Waals surface area contributed by atoms with Crippen LogP contribution < -0.4 is 5.32 Å². The Labute approximate surface area is 120 Å². The lowest BCUT2D eigenvalue weighted by molar-refractivity contribution is -0.386. The molecule has 0 saturated heterocycles. The van der Waals surface area contributed by atoms with Crippen molar-refractivity contribution in [1.29, 1.82) is 0 Å². The molecule has 1 heterocycles. The largest absolute Gasteiger partial charge is 0.314 e. The third-order valence-corrected chi connectivity index (χ3v) is 3.72. The fourth-order valence-corrected chi connectivity index (χ4v) is 2.42. The number of nitrogens with one attached hydrogen (secondary N) is 1. The molecule has 1 N–H and O–H groups in total. The summed E-state index contributed by atoms with van der Waals surface area (Å²) >= 11 is 0. The van der Waals surface area contributed by atoms with Crippen LogP contribution in [0.3, 0.4) is 0 Å². The van der Waals surface area contributed by atoms with E-state index in [9.17, 15) is 10.1 Å². The molecule has 6 heteroatoms. The first-order chi connectivity index (χ1) is 9.31. The van der Waals surface area contributed by atoms with E-state index in [1.807, 2.05) is 20.8 Å². The normalized spacial score (nSPS) is 14.6. The summed E-state index contributed by atoms with van der Waals surface area (Å²) in [5.41, 5.74) is 1.46. The van der Waals surface area contributed by atoms with Gasteiger partial charge in [-0.15, -0.1) is 0 Å². The van der Waals surface area contributed by atoms with E-state index in [2.05, 4.69) is 24.3 Å². The van der Waals surface area contributed by atoms with Crippen LogP contribution in [0.25, 0.3) is 0 Å². The SMILES string of the molecule is CCCNC(C)C(C)c1c([N+](=O)[O-])c(C(C)C)nn1C. The van der Waals surface area contributed by atoms with Gasteiger partial charge in [0.15, 0.2) is 0 Å². The predicted molar refractivity (Wildman–Crippen MR) is 80.1 cm³/mol. The molecule has 1 rings (SSSR count). The quantitative estimate of drug-likeness (QED) is 0.616. The maximum atomic E-state index is 11.4. The predicted octanol–water partition coefficient (Wildman–Crippen LogP) is 2.94. The van der Waals surface area contributed by atoms with Crippen molar-refractivity contribution >= 4 is 5.69 Å². The summed E-state index contributed by atoms with van der Waals surface area (Å²) in [6, 6.07) is 0.170. The highest BCUT2D eigenvalue weighted by Crippen LogP contribution is 2.34. The zero-order valence-corrected chi connectivity index (χ0v) is 13.3. The molecular weight excluding hydrogens is 256 g/mol. The molecule has 0 bridgehead atoms. The van der Waals surface area contributed by atoms with E-state index >= 15 is 0 Å². The van der Waals surface area contributed by atoms with Gasteiger partial charge in [-0.1, -0.05) is 27.7 Å². The van der Waals surface area contributed by atoms with Crippen molar-refractivity contribution in [3.05, 3.63) is 21.5 Å². The Bertz CT molecular complexity index is 468. The Morgan fingerprint density at radius 3 is 2.40 bits per heavy atom. The summed E-state index contributed by atoms with van der Waals surface area (Å²) in [6.45, 7) is 11.0. The Hall–Kier alpha value is -1.43. The molecular formula is C14H26N4O2. The smallest absolute Gasteiger partial charge is 0.313 e. The van der Waals surface area contributed by atoms with Crippen LogP contribution in [0, 0.1) is 10.1 Å². The standard InChI is InChI=1S/C14H26N4O2/c1-7-8-15-11(5)10(4)13-14(18(19)20)12(9(2)3)16-17(13)6/h9-11,15H,7-8H2,1-6H3.